The quantitative estimate of drug-likeness (QED) is 0.716. The number of hydrogen-bond acceptors (Lipinski definition) is 3. The lowest BCUT2D eigenvalue weighted by Gasteiger charge is -2.10. The second-order valence-electron chi connectivity index (χ2n) is 3.34. The van der Waals surface area contributed by atoms with Crippen LogP contribution in [0.4, 0.5) is 0 Å². The van der Waals surface area contributed by atoms with Crippen molar-refractivity contribution < 1.29 is 14.3 Å². The van der Waals surface area contributed by atoms with E-state index in [9.17, 15) is 4.79 Å². The topological polar surface area (TPSA) is 35.5 Å². The summed E-state index contributed by atoms with van der Waals surface area (Å²) in [6, 6.07) is 3.52. The summed E-state index contributed by atoms with van der Waals surface area (Å²) in [6.45, 7) is 6.08. The van der Waals surface area contributed by atoms with Gasteiger partial charge in [0.05, 0.1) is 19.3 Å². The minimum Gasteiger partial charge on any atom is -0.496 e. The van der Waals surface area contributed by atoms with E-state index in [1.54, 1.807) is 20.1 Å². The van der Waals surface area contributed by atoms with Crippen molar-refractivity contribution in [3.05, 3.63) is 28.8 Å². The maximum Gasteiger partial charge on any atom is 0.338 e. The molecule has 0 aliphatic rings. The van der Waals surface area contributed by atoms with Crippen molar-refractivity contribution in [2.75, 3.05) is 13.7 Å². The van der Waals surface area contributed by atoms with Crippen molar-refractivity contribution in [1.29, 1.82) is 0 Å². The van der Waals surface area contributed by atoms with E-state index in [-0.39, 0.29) is 5.97 Å². The van der Waals surface area contributed by atoms with Crippen molar-refractivity contribution in [1.82, 2.24) is 0 Å². The van der Waals surface area contributed by atoms with Gasteiger partial charge in [-0.15, -0.1) is 0 Å². The molecule has 0 bridgehead atoms. The maximum atomic E-state index is 11.5. The van der Waals surface area contributed by atoms with Gasteiger partial charge in [0, 0.05) is 0 Å². The molecule has 0 radical (unpaired) electrons. The Morgan fingerprint density at radius 1 is 1.33 bits per heavy atom. The number of carbonyl (C=O) groups excluding carboxylic acids is 1. The molecule has 1 aromatic carbocycles. The summed E-state index contributed by atoms with van der Waals surface area (Å²) >= 11 is 0. The fourth-order valence-electron chi connectivity index (χ4n) is 1.37. The second-order valence-corrected chi connectivity index (χ2v) is 3.34. The molecule has 0 aliphatic heterocycles. The molecule has 82 valence electrons. The van der Waals surface area contributed by atoms with Crippen LogP contribution in [-0.4, -0.2) is 19.7 Å². The first kappa shape index (κ1) is 11.6. The average Bonchev–Trinajstić information content (AvgIpc) is 2.22. The minimum atomic E-state index is -0.307. The van der Waals surface area contributed by atoms with Crippen LogP contribution < -0.4 is 4.74 Å². The average molecular weight is 208 g/mol. The molecule has 0 amide bonds. The molecular formula is C12H16O3. The lowest BCUT2D eigenvalue weighted by Crippen LogP contribution is -2.06. The zero-order valence-corrected chi connectivity index (χ0v) is 9.59. The molecule has 0 N–H and O–H groups in total. The third kappa shape index (κ3) is 2.49. The number of benzene rings is 1. The van der Waals surface area contributed by atoms with Gasteiger partial charge in [-0.1, -0.05) is 0 Å². The van der Waals surface area contributed by atoms with Crippen molar-refractivity contribution in [3.8, 4) is 5.75 Å². The van der Waals surface area contributed by atoms with Gasteiger partial charge in [-0.3, -0.25) is 0 Å². The summed E-state index contributed by atoms with van der Waals surface area (Å²) in [7, 11) is 1.59. The van der Waals surface area contributed by atoms with Gasteiger partial charge in [0.25, 0.3) is 0 Å². The van der Waals surface area contributed by atoms with E-state index in [1.807, 2.05) is 19.9 Å². The molecule has 3 heteroatoms. The first-order chi connectivity index (χ1) is 7.10. The van der Waals surface area contributed by atoms with Crippen LogP contribution in [0.2, 0.25) is 0 Å². The van der Waals surface area contributed by atoms with Crippen molar-refractivity contribution in [2.24, 2.45) is 0 Å². The predicted molar refractivity (Wildman–Crippen MR) is 58.4 cm³/mol. The molecule has 0 saturated heterocycles. The monoisotopic (exact) mass is 208 g/mol. The van der Waals surface area contributed by atoms with E-state index in [0.29, 0.717) is 12.2 Å². The Hall–Kier alpha value is -1.51. The minimum absolute atomic E-state index is 0.307. The standard InChI is InChI=1S/C12H16O3/c1-5-15-12(13)10-6-8(2)9(3)11(7-10)14-4/h6-7H,5H2,1-4H3. The van der Waals surface area contributed by atoms with E-state index >= 15 is 0 Å². The summed E-state index contributed by atoms with van der Waals surface area (Å²) in [5.41, 5.74) is 2.61. The third-order valence-electron chi connectivity index (χ3n) is 2.35. The summed E-state index contributed by atoms with van der Waals surface area (Å²) in [6.07, 6.45) is 0. The predicted octanol–water partition coefficient (Wildman–Crippen LogP) is 2.49. The Labute approximate surface area is 90.0 Å². The molecule has 0 aliphatic carbocycles. The van der Waals surface area contributed by atoms with Crippen LogP contribution in [0.25, 0.3) is 0 Å². The van der Waals surface area contributed by atoms with Crippen molar-refractivity contribution in [2.45, 2.75) is 20.8 Å². The van der Waals surface area contributed by atoms with E-state index in [1.165, 1.54) is 0 Å². The summed E-state index contributed by atoms with van der Waals surface area (Å²) in [5, 5.41) is 0. The van der Waals surface area contributed by atoms with Gasteiger partial charge in [0.2, 0.25) is 0 Å². The molecule has 0 saturated carbocycles. The molecule has 3 nitrogen and oxygen atoms in total. The highest BCUT2D eigenvalue weighted by Crippen LogP contribution is 2.23. The lowest BCUT2D eigenvalue weighted by atomic mass is 10.1. The SMILES string of the molecule is CCOC(=O)c1cc(C)c(C)c(OC)c1. The summed E-state index contributed by atoms with van der Waals surface area (Å²) in [4.78, 5) is 11.5. The molecule has 1 rings (SSSR count). The molecule has 0 spiro atoms. The zero-order chi connectivity index (χ0) is 11.4. The van der Waals surface area contributed by atoms with Crippen LogP contribution in [-0.2, 0) is 4.74 Å². The van der Waals surface area contributed by atoms with Crippen molar-refractivity contribution in [3.63, 3.8) is 0 Å². The Bertz CT molecular complexity index is 369. The van der Waals surface area contributed by atoms with Crippen LogP contribution in [0.3, 0.4) is 0 Å². The highest BCUT2D eigenvalue weighted by atomic mass is 16.5. The summed E-state index contributed by atoms with van der Waals surface area (Å²) < 4.78 is 10.1. The molecule has 0 aromatic heterocycles. The van der Waals surface area contributed by atoms with Gasteiger partial charge in [-0.05, 0) is 44.0 Å². The Balaban J connectivity index is 3.10. The molecule has 0 atom stereocenters. The number of rotatable bonds is 3. The Morgan fingerprint density at radius 3 is 2.53 bits per heavy atom. The van der Waals surface area contributed by atoms with Gasteiger partial charge in [0.15, 0.2) is 0 Å². The van der Waals surface area contributed by atoms with Crippen LogP contribution in [0, 0.1) is 13.8 Å². The molecule has 0 heterocycles. The van der Waals surface area contributed by atoms with Gasteiger partial charge >= 0.3 is 5.97 Å². The largest absolute Gasteiger partial charge is 0.496 e. The van der Waals surface area contributed by atoms with E-state index in [2.05, 4.69) is 0 Å². The number of carbonyl (C=O) groups is 1. The van der Waals surface area contributed by atoms with Crippen LogP contribution in [0.5, 0.6) is 5.75 Å². The Morgan fingerprint density at radius 2 is 2.00 bits per heavy atom. The number of ether oxygens (including phenoxy) is 2. The van der Waals surface area contributed by atoms with Crippen molar-refractivity contribution >= 4 is 5.97 Å². The molecule has 1 aromatic rings. The van der Waals surface area contributed by atoms with E-state index in [0.717, 1.165) is 16.9 Å². The summed E-state index contributed by atoms with van der Waals surface area (Å²) in [5.74, 6) is 0.414. The number of aryl methyl sites for hydroxylation is 1. The molecule has 0 fully saturated rings. The first-order valence-corrected chi connectivity index (χ1v) is 4.92. The smallest absolute Gasteiger partial charge is 0.338 e. The van der Waals surface area contributed by atoms with Crippen LogP contribution in [0.1, 0.15) is 28.4 Å². The van der Waals surface area contributed by atoms with Gasteiger partial charge < -0.3 is 9.47 Å². The van der Waals surface area contributed by atoms with E-state index < -0.39 is 0 Å². The fourth-order valence-corrected chi connectivity index (χ4v) is 1.37. The second kappa shape index (κ2) is 4.82. The number of esters is 1. The lowest BCUT2D eigenvalue weighted by molar-refractivity contribution is 0.0526. The zero-order valence-electron chi connectivity index (χ0n) is 9.59. The first-order valence-electron chi connectivity index (χ1n) is 4.92. The highest BCUT2D eigenvalue weighted by molar-refractivity contribution is 5.90. The van der Waals surface area contributed by atoms with Crippen LogP contribution >= 0.6 is 0 Å². The third-order valence-corrected chi connectivity index (χ3v) is 2.35. The van der Waals surface area contributed by atoms with Gasteiger partial charge in [-0.25, -0.2) is 4.79 Å². The molecular weight excluding hydrogens is 192 g/mol. The van der Waals surface area contributed by atoms with Crippen LogP contribution in [0.15, 0.2) is 12.1 Å². The van der Waals surface area contributed by atoms with Gasteiger partial charge in [-0.2, -0.15) is 0 Å². The fraction of sp³-hybridized carbons (Fsp3) is 0.417. The number of methoxy groups -OCH3 is 1. The Kier molecular flexibility index (Phi) is 3.72. The highest BCUT2D eigenvalue weighted by Gasteiger charge is 2.11. The number of hydrogen-bond donors (Lipinski definition) is 0. The molecule has 15 heavy (non-hydrogen) atoms. The molecule has 0 unspecified atom stereocenters. The van der Waals surface area contributed by atoms with Gasteiger partial charge in [0.1, 0.15) is 5.75 Å². The van der Waals surface area contributed by atoms with E-state index in [4.69, 9.17) is 9.47 Å². The maximum absolute atomic E-state index is 11.5. The normalized spacial score (nSPS) is 9.87.